The van der Waals surface area contributed by atoms with Crippen molar-refractivity contribution in [2.75, 3.05) is 6.61 Å². The fourth-order valence-corrected chi connectivity index (χ4v) is 4.16. The van der Waals surface area contributed by atoms with Crippen molar-refractivity contribution in [1.29, 1.82) is 5.26 Å². The van der Waals surface area contributed by atoms with E-state index in [4.69, 9.17) is 14.7 Å². The first-order valence-corrected chi connectivity index (χ1v) is 9.04. The lowest BCUT2D eigenvalue weighted by Crippen LogP contribution is -2.48. The minimum absolute atomic E-state index is 0.0417. The molecule has 2 aliphatic rings. The number of benzene rings is 1. The van der Waals surface area contributed by atoms with E-state index in [9.17, 15) is 14.0 Å². The number of cyclic esters (lactones) is 1. The molecule has 1 heterocycles. The van der Waals surface area contributed by atoms with E-state index >= 15 is 0 Å². The zero-order chi connectivity index (χ0) is 18.6. The topological polar surface area (TPSA) is 76.4 Å². The molecule has 0 radical (unpaired) electrons. The molecule has 3 rings (SSSR count). The van der Waals surface area contributed by atoms with Crippen LogP contribution in [0.1, 0.15) is 50.5 Å². The summed E-state index contributed by atoms with van der Waals surface area (Å²) in [5, 5.41) is 8.51. The van der Waals surface area contributed by atoms with Crippen LogP contribution in [0.2, 0.25) is 0 Å². The minimum Gasteiger partial charge on any atom is -0.476 e. The molecule has 26 heavy (non-hydrogen) atoms. The summed E-state index contributed by atoms with van der Waals surface area (Å²) in [7, 11) is 0. The largest absolute Gasteiger partial charge is 0.476 e. The number of carbonyl (C=O) groups excluding carboxylic acids is 2. The average molecular weight is 359 g/mol. The Morgan fingerprint density at radius 2 is 2.08 bits per heavy atom. The number of ether oxygens (including phenoxy) is 2. The number of hydrogen-bond acceptors (Lipinski definition) is 5. The molecule has 138 valence electrons. The monoisotopic (exact) mass is 359 g/mol. The maximum absolute atomic E-state index is 14.1. The second-order valence-corrected chi connectivity index (χ2v) is 7.12. The van der Waals surface area contributed by atoms with Crippen LogP contribution in [-0.2, 0) is 20.7 Å². The van der Waals surface area contributed by atoms with E-state index in [1.807, 2.05) is 0 Å². The van der Waals surface area contributed by atoms with Crippen LogP contribution >= 0.6 is 0 Å². The van der Waals surface area contributed by atoms with Crippen LogP contribution in [0.15, 0.2) is 18.2 Å². The van der Waals surface area contributed by atoms with Crippen LogP contribution in [0, 0.1) is 23.1 Å². The van der Waals surface area contributed by atoms with Gasteiger partial charge in [0.15, 0.2) is 18.2 Å². The van der Waals surface area contributed by atoms with E-state index in [1.54, 1.807) is 12.1 Å². The highest BCUT2D eigenvalue weighted by atomic mass is 19.1. The van der Waals surface area contributed by atoms with Crippen molar-refractivity contribution in [3.05, 3.63) is 29.6 Å². The van der Waals surface area contributed by atoms with Crippen molar-refractivity contribution >= 4 is 11.8 Å². The van der Waals surface area contributed by atoms with E-state index in [0.717, 1.165) is 31.2 Å². The van der Waals surface area contributed by atoms with Crippen molar-refractivity contribution in [2.24, 2.45) is 5.92 Å². The summed E-state index contributed by atoms with van der Waals surface area (Å²) >= 11 is 0. The molecular weight excluding hydrogens is 337 g/mol. The smallest absolute Gasteiger partial charge is 0.313 e. The zero-order valence-electron chi connectivity index (χ0n) is 14.6. The Morgan fingerprint density at radius 3 is 2.73 bits per heavy atom. The van der Waals surface area contributed by atoms with Crippen LogP contribution in [0.25, 0.3) is 0 Å². The number of nitrogens with zero attached hydrogens (tertiary/aromatic N) is 1. The number of aryl methyl sites for hydroxylation is 1. The van der Waals surface area contributed by atoms with Crippen molar-refractivity contribution in [3.63, 3.8) is 0 Å². The van der Waals surface area contributed by atoms with E-state index in [-0.39, 0.29) is 36.9 Å². The van der Waals surface area contributed by atoms with Crippen molar-refractivity contribution in [2.45, 2.75) is 57.0 Å². The van der Waals surface area contributed by atoms with Gasteiger partial charge in [0, 0.05) is 6.42 Å². The summed E-state index contributed by atoms with van der Waals surface area (Å²) in [4.78, 5) is 24.0. The standard InChI is InChI=1S/C20H22FNO4/c21-17-11-14(5-6-18(17)25-10-9-22)7-8-20(15-3-1-2-4-15)13-16(23)12-19(24)26-20/h5-6,11,15H,1-4,7-8,10,12-13H2. The Morgan fingerprint density at radius 1 is 1.31 bits per heavy atom. The second-order valence-electron chi connectivity index (χ2n) is 7.12. The highest BCUT2D eigenvalue weighted by Crippen LogP contribution is 2.44. The molecule has 0 bridgehead atoms. The van der Waals surface area contributed by atoms with Crippen LogP contribution in [0.3, 0.4) is 0 Å². The Labute approximate surface area is 152 Å². The number of ketones is 1. The molecule has 1 unspecified atom stereocenters. The van der Waals surface area contributed by atoms with Gasteiger partial charge in [0.1, 0.15) is 23.9 Å². The van der Waals surface area contributed by atoms with Crippen molar-refractivity contribution in [1.82, 2.24) is 0 Å². The van der Waals surface area contributed by atoms with Crippen molar-refractivity contribution in [3.8, 4) is 11.8 Å². The molecule has 1 aliphatic carbocycles. The SMILES string of the molecule is N#CCOc1ccc(CCC2(C3CCCC3)CC(=O)CC(=O)O2)cc1F. The maximum atomic E-state index is 14.1. The normalized spacial score (nSPS) is 23.5. The van der Waals surface area contributed by atoms with Gasteiger partial charge in [-0.2, -0.15) is 5.26 Å². The summed E-state index contributed by atoms with van der Waals surface area (Å²) in [6, 6.07) is 6.42. The Balaban J connectivity index is 1.74. The molecule has 0 N–H and O–H groups in total. The number of hydrogen-bond donors (Lipinski definition) is 0. The van der Waals surface area contributed by atoms with E-state index in [1.165, 1.54) is 12.1 Å². The highest BCUT2D eigenvalue weighted by molar-refractivity contribution is 5.98. The minimum atomic E-state index is -0.755. The number of halogens is 1. The van der Waals surface area contributed by atoms with Gasteiger partial charge < -0.3 is 9.47 Å². The summed E-state index contributed by atoms with van der Waals surface area (Å²) in [5.41, 5.74) is -0.00621. The predicted octanol–water partition coefficient (Wildman–Crippen LogP) is 3.50. The van der Waals surface area contributed by atoms with E-state index in [0.29, 0.717) is 12.8 Å². The number of carbonyl (C=O) groups is 2. The Kier molecular flexibility index (Phi) is 5.55. The van der Waals surface area contributed by atoms with Gasteiger partial charge in [-0.15, -0.1) is 0 Å². The third kappa shape index (κ3) is 4.04. The number of nitriles is 1. The van der Waals surface area contributed by atoms with E-state index < -0.39 is 17.4 Å². The van der Waals surface area contributed by atoms with Crippen molar-refractivity contribution < 1.29 is 23.5 Å². The molecule has 6 heteroatoms. The lowest BCUT2D eigenvalue weighted by atomic mass is 9.76. The molecule has 5 nitrogen and oxygen atoms in total. The van der Waals surface area contributed by atoms with Gasteiger partial charge in [-0.3, -0.25) is 9.59 Å². The van der Waals surface area contributed by atoms with Gasteiger partial charge in [0.2, 0.25) is 0 Å². The third-order valence-electron chi connectivity index (χ3n) is 5.38. The van der Waals surface area contributed by atoms with Gasteiger partial charge in [0.05, 0.1) is 0 Å². The molecule has 0 aromatic heterocycles. The first-order chi connectivity index (χ1) is 12.5. The van der Waals surface area contributed by atoms with Gasteiger partial charge in [-0.1, -0.05) is 18.9 Å². The molecule has 1 saturated heterocycles. The fraction of sp³-hybridized carbons (Fsp3) is 0.550. The van der Waals surface area contributed by atoms with Crippen LogP contribution in [0.5, 0.6) is 5.75 Å². The third-order valence-corrected chi connectivity index (χ3v) is 5.38. The zero-order valence-corrected chi connectivity index (χ0v) is 14.6. The lowest BCUT2D eigenvalue weighted by Gasteiger charge is -2.41. The first kappa shape index (κ1) is 18.4. The lowest BCUT2D eigenvalue weighted by molar-refractivity contribution is -0.178. The molecule has 0 spiro atoms. The van der Waals surface area contributed by atoms with Crippen LogP contribution in [0.4, 0.5) is 4.39 Å². The molecule has 1 aromatic carbocycles. The van der Waals surface area contributed by atoms with Crippen LogP contribution in [-0.4, -0.2) is 24.0 Å². The number of esters is 1. The Bertz CT molecular complexity index is 718. The number of rotatable bonds is 6. The molecule has 0 amide bonds. The van der Waals surface area contributed by atoms with E-state index in [2.05, 4.69) is 0 Å². The quantitative estimate of drug-likeness (QED) is 0.574. The summed E-state index contributed by atoms with van der Waals surface area (Å²) in [5.74, 6) is -0.803. The number of Topliss-reactive ketones (excluding diaryl/α,β-unsaturated/α-hetero) is 1. The Hall–Kier alpha value is -2.42. The summed E-state index contributed by atoms with van der Waals surface area (Å²) < 4.78 is 24.8. The predicted molar refractivity (Wildman–Crippen MR) is 90.9 cm³/mol. The first-order valence-electron chi connectivity index (χ1n) is 9.04. The highest BCUT2D eigenvalue weighted by Gasteiger charge is 2.47. The fourth-order valence-electron chi connectivity index (χ4n) is 4.16. The van der Waals surface area contributed by atoms with Gasteiger partial charge in [-0.05, 0) is 49.3 Å². The molecular formula is C20H22FNO4. The van der Waals surface area contributed by atoms with Gasteiger partial charge >= 0.3 is 5.97 Å². The maximum Gasteiger partial charge on any atom is 0.313 e. The van der Waals surface area contributed by atoms with Gasteiger partial charge in [0.25, 0.3) is 0 Å². The summed E-state index contributed by atoms with van der Waals surface area (Å²) in [6.45, 7) is -0.209. The van der Waals surface area contributed by atoms with Crippen LogP contribution < -0.4 is 4.74 Å². The summed E-state index contributed by atoms with van der Waals surface area (Å²) in [6.07, 6.45) is 5.20. The molecule has 1 aliphatic heterocycles. The molecule has 1 saturated carbocycles. The molecule has 1 atom stereocenters. The van der Waals surface area contributed by atoms with Gasteiger partial charge in [-0.25, -0.2) is 4.39 Å². The second kappa shape index (κ2) is 7.86. The molecule has 1 aromatic rings. The average Bonchev–Trinajstić information content (AvgIpc) is 3.14. The molecule has 2 fully saturated rings.